The summed E-state index contributed by atoms with van der Waals surface area (Å²) in [6.07, 6.45) is 5.16. The normalized spacial score (nSPS) is 22.8. The van der Waals surface area contributed by atoms with Crippen molar-refractivity contribution in [3.8, 4) is 0 Å². The Labute approximate surface area is 140 Å². The molecule has 0 saturated heterocycles. The Balaban J connectivity index is 1.52. The van der Waals surface area contributed by atoms with Gasteiger partial charge in [0.05, 0.1) is 16.9 Å². The van der Waals surface area contributed by atoms with Gasteiger partial charge in [0, 0.05) is 4.88 Å². The lowest BCUT2D eigenvalue weighted by Crippen LogP contribution is -2.45. The average molecular weight is 336 g/mol. The van der Waals surface area contributed by atoms with Gasteiger partial charge in [0.25, 0.3) is 5.91 Å². The first-order chi connectivity index (χ1) is 10.8. The molecule has 1 fully saturated rings. The van der Waals surface area contributed by atoms with Crippen molar-refractivity contribution in [2.45, 2.75) is 58.0 Å². The van der Waals surface area contributed by atoms with E-state index in [4.69, 9.17) is 0 Å². The van der Waals surface area contributed by atoms with Crippen molar-refractivity contribution in [2.24, 2.45) is 11.8 Å². The Bertz CT molecular complexity index is 619. The van der Waals surface area contributed by atoms with Gasteiger partial charge in [0.1, 0.15) is 0 Å². The molecule has 0 aromatic carbocycles. The van der Waals surface area contributed by atoms with E-state index in [2.05, 4.69) is 17.8 Å². The van der Waals surface area contributed by atoms with E-state index < -0.39 is 5.60 Å². The Kier molecular flexibility index (Phi) is 4.47. The van der Waals surface area contributed by atoms with E-state index >= 15 is 0 Å². The Morgan fingerprint density at radius 1 is 1.35 bits per heavy atom. The van der Waals surface area contributed by atoms with Gasteiger partial charge in [-0.15, -0.1) is 11.3 Å². The van der Waals surface area contributed by atoms with Crippen molar-refractivity contribution in [1.82, 2.24) is 10.9 Å². The van der Waals surface area contributed by atoms with E-state index in [1.165, 1.54) is 28.2 Å². The third kappa shape index (κ3) is 3.93. The van der Waals surface area contributed by atoms with Crippen LogP contribution < -0.4 is 10.9 Å². The Morgan fingerprint density at radius 2 is 2.09 bits per heavy atom. The van der Waals surface area contributed by atoms with Crippen LogP contribution in [0.25, 0.3) is 0 Å². The van der Waals surface area contributed by atoms with Crippen LogP contribution in [-0.2, 0) is 17.6 Å². The van der Waals surface area contributed by atoms with Gasteiger partial charge in [-0.05, 0) is 62.5 Å². The molecule has 3 N–H and O–H groups in total. The molecule has 5 nitrogen and oxygen atoms in total. The lowest BCUT2D eigenvalue weighted by Gasteiger charge is -2.22. The van der Waals surface area contributed by atoms with Crippen LogP contribution in [0.3, 0.4) is 0 Å². The highest BCUT2D eigenvalue weighted by atomic mass is 32.1. The molecule has 126 valence electrons. The zero-order valence-electron chi connectivity index (χ0n) is 13.6. The summed E-state index contributed by atoms with van der Waals surface area (Å²) >= 11 is 1.51. The van der Waals surface area contributed by atoms with Crippen LogP contribution >= 0.6 is 11.3 Å². The number of hydrogen-bond acceptors (Lipinski definition) is 4. The molecule has 0 aliphatic heterocycles. The summed E-state index contributed by atoms with van der Waals surface area (Å²) < 4.78 is 0. The summed E-state index contributed by atoms with van der Waals surface area (Å²) in [5, 5.41) is 10.2. The largest absolute Gasteiger partial charge is 0.389 e. The van der Waals surface area contributed by atoms with Crippen LogP contribution in [0.2, 0.25) is 0 Å². The van der Waals surface area contributed by atoms with Gasteiger partial charge < -0.3 is 5.11 Å². The number of amides is 2. The number of aryl methyl sites for hydroxylation is 1. The topological polar surface area (TPSA) is 78.4 Å². The predicted octanol–water partition coefficient (Wildman–Crippen LogP) is 2.19. The standard InChI is InChI=1S/C17H24N2O3S/c1-10-3-6-13-11(7-10)8-14(23-13)16(21)19-18-15(20)9-17(2,22)12-4-5-12/h8,10,12,22H,3-7,9H2,1-2H3,(H,18,20)(H,19,21)/t10-,17-/m0/s1. The fourth-order valence-electron chi connectivity index (χ4n) is 3.22. The highest BCUT2D eigenvalue weighted by Crippen LogP contribution is 2.41. The number of hydrogen-bond donors (Lipinski definition) is 3. The van der Waals surface area contributed by atoms with Crippen LogP contribution in [0.1, 0.15) is 59.6 Å². The van der Waals surface area contributed by atoms with Gasteiger partial charge in [-0.2, -0.15) is 0 Å². The monoisotopic (exact) mass is 336 g/mol. The van der Waals surface area contributed by atoms with Gasteiger partial charge in [-0.1, -0.05) is 6.92 Å². The molecule has 1 heterocycles. The van der Waals surface area contributed by atoms with E-state index in [-0.39, 0.29) is 24.2 Å². The van der Waals surface area contributed by atoms with Crippen LogP contribution in [0.5, 0.6) is 0 Å². The first-order valence-electron chi connectivity index (χ1n) is 8.28. The number of thiophene rings is 1. The molecule has 0 spiro atoms. The van der Waals surface area contributed by atoms with E-state index in [9.17, 15) is 14.7 Å². The van der Waals surface area contributed by atoms with E-state index in [0.717, 1.165) is 25.7 Å². The fraction of sp³-hybridized carbons (Fsp3) is 0.647. The minimum Gasteiger partial charge on any atom is -0.389 e. The summed E-state index contributed by atoms with van der Waals surface area (Å²) in [4.78, 5) is 26.0. The maximum atomic E-state index is 12.2. The first kappa shape index (κ1) is 16.5. The van der Waals surface area contributed by atoms with Crippen molar-refractivity contribution in [3.63, 3.8) is 0 Å². The van der Waals surface area contributed by atoms with E-state index in [0.29, 0.717) is 10.8 Å². The molecule has 0 radical (unpaired) electrons. The maximum absolute atomic E-state index is 12.2. The Morgan fingerprint density at radius 3 is 2.78 bits per heavy atom. The summed E-state index contributed by atoms with van der Waals surface area (Å²) in [5.74, 6) is 0.231. The minimum atomic E-state index is -0.979. The van der Waals surface area contributed by atoms with E-state index in [1.807, 2.05) is 6.07 Å². The third-order valence-electron chi connectivity index (χ3n) is 4.84. The second-order valence-electron chi connectivity index (χ2n) is 7.22. The predicted molar refractivity (Wildman–Crippen MR) is 89.1 cm³/mol. The summed E-state index contributed by atoms with van der Waals surface area (Å²) in [5.41, 5.74) is 5.17. The van der Waals surface area contributed by atoms with Crippen molar-refractivity contribution >= 4 is 23.2 Å². The second-order valence-corrected chi connectivity index (χ2v) is 8.35. The summed E-state index contributed by atoms with van der Waals surface area (Å²) in [6, 6.07) is 1.94. The van der Waals surface area contributed by atoms with Gasteiger partial charge in [0.2, 0.25) is 5.91 Å². The number of hydrazine groups is 1. The van der Waals surface area contributed by atoms with Crippen molar-refractivity contribution in [3.05, 3.63) is 21.4 Å². The summed E-state index contributed by atoms with van der Waals surface area (Å²) in [6.45, 7) is 3.91. The molecule has 2 aliphatic carbocycles. The van der Waals surface area contributed by atoms with Crippen LogP contribution in [0.15, 0.2) is 6.07 Å². The molecule has 1 aromatic rings. The molecule has 6 heteroatoms. The lowest BCUT2D eigenvalue weighted by atomic mass is 9.90. The highest BCUT2D eigenvalue weighted by Gasteiger charge is 2.41. The number of carbonyl (C=O) groups excluding carboxylic acids is 2. The van der Waals surface area contributed by atoms with Gasteiger partial charge in [0.15, 0.2) is 0 Å². The molecule has 0 unspecified atom stereocenters. The zero-order valence-corrected chi connectivity index (χ0v) is 14.5. The minimum absolute atomic E-state index is 0.0103. The molecule has 0 bridgehead atoms. The molecule has 1 saturated carbocycles. The molecular formula is C17H24N2O3S. The van der Waals surface area contributed by atoms with Gasteiger partial charge >= 0.3 is 0 Å². The number of fused-ring (bicyclic) bond motifs is 1. The molecule has 2 aliphatic rings. The number of aliphatic hydroxyl groups is 1. The fourth-order valence-corrected chi connectivity index (χ4v) is 4.33. The SMILES string of the molecule is C[C@H]1CCc2sc(C(=O)NNC(=O)C[C@](C)(O)C3CC3)cc2C1. The Hall–Kier alpha value is -1.40. The van der Waals surface area contributed by atoms with Crippen molar-refractivity contribution in [2.75, 3.05) is 0 Å². The molecule has 2 amide bonds. The number of rotatable bonds is 4. The first-order valence-corrected chi connectivity index (χ1v) is 9.10. The third-order valence-corrected chi connectivity index (χ3v) is 6.08. The zero-order chi connectivity index (χ0) is 16.6. The highest BCUT2D eigenvalue weighted by molar-refractivity contribution is 7.14. The van der Waals surface area contributed by atoms with Gasteiger partial charge in [-0.25, -0.2) is 0 Å². The number of nitrogens with one attached hydrogen (secondary N) is 2. The quantitative estimate of drug-likeness (QED) is 0.738. The second kappa shape index (κ2) is 6.24. The lowest BCUT2D eigenvalue weighted by molar-refractivity contribution is -0.127. The summed E-state index contributed by atoms with van der Waals surface area (Å²) in [7, 11) is 0. The van der Waals surface area contributed by atoms with Gasteiger partial charge in [-0.3, -0.25) is 20.4 Å². The van der Waals surface area contributed by atoms with Crippen LogP contribution in [0.4, 0.5) is 0 Å². The van der Waals surface area contributed by atoms with Crippen molar-refractivity contribution in [1.29, 1.82) is 0 Å². The number of carbonyl (C=O) groups is 2. The van der Waals surface area contributed by atoms with Crippen molar-refractivity contribution < 1.29 is 14.7 Å². The molecule has 3 rings (SSSR count). The smallest absolute Gasteiger partial charge is 0.279 e. The molecule has 1 aromatic heterocycles. The van der Waals surface area contributed by atoms with E-state index in [1.54, 1.807) is 6.92 Å². The van der Waals surface area contributed by atoms with Crippen LogP contribution in [0, 0.1) is 11.8 Å². The molecule has 23 heavy (non-hydrogen) atoms. The van der Waals surface area contributed by atoms with Crippen LogP contribution in [-0.4, -0.2) is 22.5 Å². The maximum Gasteiger partial charge on any atom is 0.279 e. The average Bonchev–Trinajstić information content (AvgIpc) is 3.25. The molecular weight excluding hydrogens is 312 g/mol. The molecule has 2 atom stereocenters.